The smallest absolute Gasteiger partial charge is 0.419 e. The largest absolute Gasteiger partial charge is 0.489 e. The van der Waals surface area contributed by atoms with Crippen molar-refractivity contribution in [3.05, 3.63) is 58.8 Å². The van der Waals surface area contributed by atoms with Crippen LogP contribution in [0.1, 0.15) is 19.3 Å². The number of halogens is 1. The lowest BCUT2D eigenvalue weighted by molar-refractivity contribution is -0.130. The van der Waals surface area contributed by atoms with Gasteiger partial charge in [-0.3, -0.25) is 9.36 Å². The number of aromatic nitrogens is 1. The average Bonchev–Trinajstić information content (AvgIpc) is 3.46. The topological polar surface area (TPSA) is 102 Å². The highest BCUT2D eigenvalue weighted by atomic mass is 32.2. The van der Waals surface area contributed by atoms with Gasteiger partial charge in [0.1, 0.15) is 6.61 Å². The Kier molecular flexibility index (Phi) is 7.03. The average molecular weight is 492 g/mol. The molecule has 2 heterocycles. The van der Waals surface area contributed by atoms with Crippen molar-refractivity contribution in [2.24, 2.45) is 0 Å². The van der Waals surface area contributed by atoms with Crippen LogP contribution in [0.15, 0.2) is 56.6 Å². The molecule has 0 N–H and O–H groups in total. The molecule has 4 rings (SSSR count). The quantitative estimate of drug-likeness (QED) is 0.456. The molecule has 0 spiro atoms. The summed E-state index contributed by atoms with van der Waals surface area (Å²) < 4.78 is 52.5. The normalized spacial score (nSPS) is 14.5. The molecule has 1 fully saturated rings. The van der Waals surface area contributed by atoms with Crippen LogP contribution < -0.4 is 10.5 Å². The van der Waals surface area contributed by atoms with Crippen molar-refractivity contribution in [2.45, 2.75) is 30.7 Å². The van der Waals surface area contributed by atoms with Crippen LogP contribution in [0.5, 0.6) is 5.75 Å². The van der Waals surface area contributed by atoms with Gasteiger partial charge in [0.25, 0.3) is 0 Å². The Morgan fingerprint density at radius 3 is 2.65 bits per heavy atom. The van der Waals surface area contributed by atoms with E-state index in [1.54, 1.807) is 19.2 Å². The first-order valence-electron chi connectivity index (χ1n) is 11.0. The summed E-state index contributed by atoms with van der Waals surface area (Å²) in [5, 5.41) is 0. The molecule has 1 saturated heterocycles. The number of ether oxygens (including phenoxy) is 1. The molecule has 0 aliphatic carbocycles. The zero-order chi connectivity index (χ0) is 24.3. The lowest BCUT2D eigenvalue weighted by Crippen LogP contribution is -2.32. The van der Waals surface area contributed by atoms with Crippen LogP contribution in [0.25, 0.3) is 11.1 Å². The van der Waals surface area contributed by atoms with Gasteiger partial charge in [-0.2, -0.15) is 4.31 Å². The zero-order valence-corrected chi connectivity index (χ0v) is 19.6. The lowest BCUT2D eigenvalue weighted by Gasteiger charge is -2.17. The van der Waals surface area contributed by atoms with E-state index < -0.39 is 21.6 Å². The summed E-state index contributed by atoms with van der Waals surface area (Å²) >= 11 is 0. The van der Waals surface area contributed by atoms with E-state index in [0.29, 0.717) is 18.6 Å². The van der Waals surface area contributed by atoms with Crippen molar-refractivity contribution in [3.8, 4) is 5.75 Å². The fourth-order valence-electron chi connectivity index (χ4n) is 3.87. The highest BCUT2D eigenvalue weighted by molar-refractivity contribution is 7.89. The zero-order valence-electron chi connectivity index (χ0n) is 18.8. The molecular weight excluding hydrogens is 465 g/mol. The standard InChI is InChI=1S/C23H26FN3O6S/c1-25(14-15-32-20-7-3-2-6-18(20)24)22(28)10-13-27-19-9-8-17(16-21(19)33-23(27)29)34(30,31)26-11-4-5-12-26/h2-3,6-9,16H,4-5,10-15H2,1H3. The Balaban J connectivity index is 1.38. The van der Waals surface area contributed by atoms with Gasteiger partial charge in [0.05, 0.1) is 17.0 Å². The van der Waals surface area contributed by atoms with E-state index >= 15 is 0 Å². The molecule has 182 valence electrons. The van der Waals surface area contributed by atoms with Crippen LogP contribution in [-0.2, 0) is 21.4 Å². The van der Waals surface area contributed by atoms with E-state index in [2.05, 4.69) is 0 Å². The molecule has 0 atom stereocenters. The van der Waals surface area contributed by atoms with E-state index in [9.17, 15) is 22.4 Å². The van der Waals surface area contributed by atoms with E-state index in [1.165, 1.54) is 44.1 Å². The second-order valence-corrected chi connectivity index (χ2v) is 10.0. The van der Waals surface area contributed by atoms with Gasteiger partial charge in [-0.25, -0.2) is 17.6 Å². The monoisotopic (exact) mass is 491 g/mol. The molecule has 3 aromatic rings. The number of nitrogens with zero attached hydrogens (tertiary/aromatic N) is 3. The number of carbonyl (C=O) groups is 1. The summed E-state index contributed by atoms with van der Waals surface area (Å²) in [4.78, 5) is 26.4. The molecule has 1 aliphatic rings. The fourth-order valence-corrected chi connectivity index (χ4v) is 5.41. The molecular formula is C23H26FN3O6S. The molecule has 11 heteroatoms. The number of hydrogen-bond acceptors (Lipinski definition) is 6. The molecule has 0 radical (unpaired) electrons. The second kappa shape index (κ2) is 9.98. The maximum atomic E-state index is 13.6. The highest BCUT2D eigenvalue weighted by Gasteiger charge is 2.28. The number of likely N-dealkylation sites (N-methyl/N-ethyl adjacent to an activating group) is 1. The van der Waals surface area contributed by atoms with Crippen molar-refractivity contribution in [3.63, 3.8) is 0 Å². The molecule has 1 aliphatic heterocycles. The van der Waals surface area contributed by atoms with Gasteiger partial charge < -0.3 is 14.1 Å². The van der Waals surface area contributed by atoms with Crippen LogP contribution in [-0.4, -0.2) is 61.4 Å². The Morgan fingerprint density at radius 1 is 1.18 bits per heavy atom. The Morgan fingerprint density at radius 2 is 1.91 bits per heavy atom. The molecule has 0 saturated carbocycles. The van der Waals surface area contributed by atoms with Gasteiger partial charge in [-0.05, 0) is 37.1 Å². The SMILES string of the molecule is CN(CCOc1ccccc1F)C(=O)CCn1c(=O)oc2cc(S(=O)(=O)N3CCCC3)ccc21. The Hall–Kier alpha value is -3.18. The third-order valence-corrected chi connectivity index (χ3v) is 7.73. The molecule has 0 bridgehead atoms. The number of amides is 1. The predicted molar refractivity (Wildman–Crippen MR) is 123 cm³/mol. The number of aryl methyl sites for hydroxylation is 1. The van der Waals surface area contributed by atoms with Crippen LogP contribution in [0.4, 0.5) is 4.39 Å². The van der Waals surface area contributed by atoms with Crippen LogP contribution in [0.3, 0.4) is 0 Å². The minimum Gasteiger partial charge on any atom is -0.489 e. The summed E-state index contributed by atoms with van der Waals surface area (Å²) in [6.45, 7) is 1.39. The molecule has 0 unspecified atom stereocenters. The Bertz CT molecular complexity index is 1340. The van der Waals surface area contributed by atoms with Gasteiger partial charge in [0.15, 0.2) is 17.1 Å². The number of fused-ring (bicyclic) bond motifs is 1. The molecule has 2 aromatic carbocycles. The predicted octanol–water partition coefficient (Wildman–Crippen LogP) is 2.45. The number of carbonyl (C=O) groups excluding carboxylic acids is 1. The van der Waals surface area contributed by atoms with Crippen molar-refractivity contribution in [1.29, 1.82) is 0 Å². The summed E-state index contributed by atoms with van der Waals surface area (Å²) in [5.74, 6) is -1.25. The number of para-hydroxylation sites is 1. The number of sulfonamides is 1. The van der Waals surface area contributed by atoms with E-state index in [1.807, 2.05) is 0 Å². The van der Waals surface area contributed by atoms with Crippen molar-refractivity contribution in [2.75, 3.05) is 33.3 Å². The summed E-state index contributed by atoms with van der Waals surface area (Å²) in [7, 11) is -2.04. The first kappa shape index (κ1) is 24.0. The van der Waals surface area contributed by atoms with Gasteiger partial charge >= 0.3 is 5.76 Å². The first-order valence-corrected chi connectivity index (χ1v) is 12.5. The molecule has 1 amide bonds. The van der Waals surface area contributed by atoms with E-state index in [-0.39, 0.29) is 48.3 Å². The maximum Gasteiger partial charge on any atom is 0.419 e. The number of hydrogen-bond donors (Lipinski definition) is 0. The lowest BCUT2D eigenvalue weighted by atomic mass is 10.3. The van der Waals surface area contributed by atoms with E-state index in [0.717, 1.165) is 12.8 Å². The van der Waals surface area contributed by atoms with Crippen LogP contribution >= 0.6 is 0 Å². The maximum absolute atomic E-state index is 13.6. The van der Waals surface area contributed by atoms with Crippen molar-refractivity contribution in [1.82, 2.24) is 13.8 Å². The summed E-state index contributed by atoms with van der Waals surface area (Å²) in [6, 6.07) is 10.4. The van der Waals surface area contributed by atoms with Gasteiger partial charge in [-0.15, -0.1) is 0 Å². The third kappa shape index (κ3) is 5.00. The number of oxazole rings is 1. The third-order valence-electron chi connectivity index (χ3n) is 5.84. The van der Waals surface area contributed by atoms with Gasteiger partial charge in [-0.1, -0.05) is 12.1 Å². The summed E-state index contributed by atoms with van der Waals surface area (Å²) in [5.41, 5.74) is 0.577. The summed E-state index contributed by atoms with van der Waals surface area (Å²) in [6.07, 6.45) is 1.67. The molecule has 34 heavy (non-hydrogen) atoms. The van der Waals surface area contributed by atoms with Crippen molar-refractivity contribution < 1.29 is 26.8 Å². The van der Waals surface area contributed by atoms with Crippen molar-refractivity contribution >= 4 is 27.0 Å². The fraction of sp³-hybridized carbons (Fsp3) is 0.391. The van der Waals surface area contributed by atoms with Gasteiger partial charge in [0, 0.05) is 39.2 Å². The second-order valence-electron chi connectivity index (χ2n) is 8.10. The number of rotatable bonds is 9. The van der Waals surface area contributed by atoms with Crippen LogP contribution in [0.2, 0.25) is 0 Å². The first-order chi connectivity index (χ1) is 16.3. The minimum atomic E-state index is -3.64. The Labute approximate surface area is 196 Å². The van der Waals surface area contributed by atoms with E-state index in [4.69, 9.17) is 9.15 Å². The van der Waals surface area contributed by atoms with Crippen LogP contribution in [0, 0.1) is 5.82 Å². The number of benzene rings is 2. The highest BCUT2D eigenvalue weighted by Crippen LogP contribution is 2.24. The minimum absolute atomic E-state index is 0.0264. The van der Waals surface area contributed by atoms with Gasteiger partial charge in [0.2, 0.25) is 15.9 Å². The molecule has 9 nitrogen and oxygen atoms in total. The molecule has 1 aromatic heterocycles.